The second-order valence-electron chi connectivity index (χ2n) is 7.36. The van der Waals surface area contributed by atoms with Crippen molar-refractivity contribution in [1.82, 2.24) is 24.6 Å². The summed E-state index contributed by atoms with van der Waals surface area (Å²) in [6.07, 6.45) is 5.38. The Hall–Kier alpha value is -2.63. The van der Waals surface area contributed by atoms with Gasteiger partial charge in [0, 0.05) is 25.6 Å². The highest BCUT2D eigenvalue weighted by Crippen LogP contribution is 2.35. The number of fused-ring (bicyclic) bond motifs is 2. The maximum Gasteiger partial charge on any atom is 0.245 e. The van der Waals surface area contributed by atoms with Crippen LogP contribution in [0.4, 0.5) is 4.39 Å². The van der Waals surface area contributed by atoms with Crippen LogP contribution in [0.5, 0.6) is 0 Å². The molecule has 1 saturated heterocycles. The molecule has 4 rings (SSSR count). The van der Waals surface area contributed by atoms with Gasteiger partial charge < -0.3 is 9.64 Å². The molecule has 0 radical (unpaired) electrons. The quantitative estimate of drug-likeness (QED) is 0.677. The van der Waals surface area contributed by atoms with E-state index in [9.17, 15) is 17.6 Å². The van der Waals surface area contributed by atoms with Gasteiger partial charge in [-0.3, -0.25) is 4.79 Å². The third-order valence-corrected chi connectivity index (χ3v) is 7.33. The van der Waals surface area contributed by atoms with E-state index in [4.69, 9.17) is 4.74 Å². The fourth-order valence-electron chi connectivity index (χ4n) is 4.11. The van der Waals surface area contributed by atoms with E-state index in [1.807, 2.05) is 6.08 Å². The summed E-state index contributed by atoms with van der Waals surface area (Å²) >= 11 is 0. The molecule has 1 N–H and O–H groups in total. The zero-order valence-corrected chi connectivity index (χ0v) is 17.1. The number of sulfonamides is 1. The minimum Gasteiger partial charge on any atom is -0.384 e. The number of ether oxygens (including phenoxy) is 1. The molecule has 2 bridgehead atoms. The molecule has 1 amide bonds. The second-order valence-corrected chi connectivity index (χ2v) is 9.21. The van der Waals surface area contributed by atoms with E-state index in [0.717, 1.165) is 6.07 Å². The Kier molecular flexibility index (Phi) is 5.67. The van der Waals surface area contributed by atoms with Gasteiger partial charge in [0.05, 0.1) is 24.2 Å². The van der Waals surface area contributed by atoms with Crippen molar-refractivity contribution in [1.29, 1.82) is 0 Å². The Bertz CT molecular complexity index is 1040. The molecular formula is C19H22FN5O4S. The molecule has 3 heterocycles. The smallest absolute Gasteiger partial charge is 0.245 e. The maximum absolute atomic E-state index is 13.8. The van der Waals surface area contributed by atoms with Crippen molar-refractivity contribution in [2.45, 2.75) is 29.9 Å². The Morgan fingerprint density at radius 2 is 2.20 bits per heavy atom. The first-order chi connectivity index (χ1) is 14.4. The van der Waals surface area contributed by atoms with Crippen molar-refractivity contribution in [3.05, 3.63) is 54.1 Å². The number of aromatic nitrogens is 3. The standard InChI is InChI=1S/C19H22FN5O4S/c1-29-12-13-10-24(11-15-9-21-23-22-15)19(26)18-7-3-6-17(13)25(18)30(27,28)16-5-2-4-14(20)8-16/h2-5,7-9,13,17-18H,6,10-12H2,1H3,(H,21,22,23). The number of nitrogens with one attached hydrogen (secondary N) is 1. The van der Waals surface area contributed by atoms with E-state index in [1.165, 1.54) is 35.8 Å². The van der Waals surface area contributed by atoms with Crippen molar-refractivity contribution in [2.75, 3.05) is 20.3 Å². The highest BCUT2D eigenvalue weighted by molar-refractivity contribution is 7.89. The summed E-state index contributed by atoms with van der Waals surface area (Å²) in [5.41, 5.74) is 0.569. The van der Waals surface area contributed by atoms with Gasteiger partial charge in [0.1, 0.15) is 17.6 Å². The molecule has 30 heavy (non-hydrogen) atoms. The van der Waals surface area contributed by atoms with Crippen molar-refractivity contribution in [2.24, 2.45) is 5.92 Å². The predicted molar refractivity (Wildman–Crippen MR) is 104 cm³/mol. The van der Waals surface area contributed by atoms with Crippen molar-refractivity contribution in [3.63, 3.8) is 0 Å². The number of methoxy groups -OCH3 is 1. The lowest BCUT2D eigenvalue weighted by Crippen LogP contribution is -2.53. The summed E-state index contributed by atoms with van der Waals surface area (Å²) in [6.45, 7) is 0.765. The van der Waals surface area contributed by atoms with E-state index in [2.05, 4.69) is 15.4 Å². The summed E-state index contributed by atoms with van der Waals surface area (Å²) in [6, 6.07) is 3.32. The van der Waals surface area contributed by atoms with Gasteiger partial charge in [0.25, 0.3) is 0 Å². The number of halogens is 1. The summed E-state index contributed by atoms with van der Waals surface area (Å²) < 4.78 is 47.4. The van der Waals surface area contributed by atoms with E-state index in [0.29, 0.717) is 18.7 Å². The molecule has 2 aliphatic rings. The number of carbonyl (C=O) groups excluding carboxylic acids is 1. The van der Waals surface area contributed by atoms with Crippen LogP contribution in [0.1, 0.15) is 12.1 Å². The first-order valence-electron chi connectivity index (χ1n) is 9.50. The van der Waals surface area contributed by atoms with Crippen LogP contribution < -0.4 is 0 Å². The average Bonchev–Trinajstić information content (AvgIpc) is 3.22. The molecular weight excluding hydrogens is 413 g/mol. The Morgan fingerprint density at radius 1 is 1.37 bits per heavy atom. The molecule has 3 unspecified atom stereocenters. The van der Waals surface area contributed by atoms with Gasteiger partial charge in [-0.15, -0.1) is 0 Å². The molecule has 3 atom stereocenters. The predicted octanol–water partition coefficient (Wildman–Crippen LogP) is 0.937. The summed E-state index contributed by atoms with van der Waals surface area (Å²) in [5, 5.41) is 10.3. The van der Waals surface area contributed by atoms with Crippen LogP contribution in [0.3, 0.4) is 0 Å². The number of benzene rings is 1. The number of hydrogen-bond donors (Lipinski definition) is 1. The number of hydrogen-bond acceptors (Lipinski definition) is 6. The summed E-state index contributed by atoms with van der Waals surface area (Å²) in [4.78, 5) is 14.8. The van der Waals surface area contributed by atoms with Crippen molar-refractivity contribution in [3.8, 4) is 0 Å². The second kappa shape index (κ2) is 8.25. The molecule has 0 spiro atoms. The first kappa shape index (κ1) is 20.6. The minimum absolute atomic E-state index is 0.179. The molecule has 11 heteroatoms. The lowest BCUT2D eigenvalue weighted by atomic mass is 9.95. The van der Waals surface area contributed by atoms with Gasteiger partial charge >= 0.3 is 0 Å². The summed E-state index contributed by atoms with van der Waals surface area (Å²) in [5.74, 6) is -1.29. The molecule has 0 saturated carbocycles. The van der Waals surface area contributed by atoms with E-state index in [1.54, 1.807) is 11.0 Å². The molecule has 9 nitrogen and oxygen atoms in total. The fourth-order valence-corrected chi connectivity index (χ4v) is 5.94. The molecule has 1 fully saturated rings. The van der Waals surface area contributed by atoms with Crippen LogP contribution in [0.25, 0.3) is 0 Å². The van der Waals surface area contributed by atoms with Gasteiger partial charge in [-0.1, -0.05) is 18.2 Å². The minimum atomic E-state index is -4.13. The van der Waals surface area contributed by atoms with Gasteiger partial charge in [0.15, 0.2) is 0 Å². The van der Waals surface area contributed by atoms with Crippen molar-refractivity contribution >= 4 is 15.9 Å². The monoisotopic (exact) mass is 435 g/mol. The van der Waals surface area contributed by atoms with Gasteiger partial charge in [-0.05, 0) is 24.6 Å². The number of carbonyl (C=O) groups is 1. The highest BCUT2D eigenvalue weighted by Gasteiger charge is 2.48. The number of aromatic amines is 1. The first-order valence-corrected chi connectivity index (χ1v) is 10.9. The van der Waals surface area contributed by atoms with E-state index in [-0.39, 0.29) is 29.9 Å². The molecule has 160 valence electrons. The maximum atomic E-state index is 13.8. The number of rotatable bonds is 6. The lowest BCUT2D eigenvalue weighted by molar-refractivity contribution is -0.133. The third kappa shape index (κ3) is 3.75. The van der Waals surface area contributed by atoms with Crippen LogP contribution >= 0.6 is 0 Å². The third-order valence-electron chi connectivity index (χ3n) is 5.43. The van der Waals surface area contributed by atoms with Crippen molar-refractivity contribution < 1.29 is 22.3 Å². The normalized spacial score (nSPS) is 24.8. The Morgan fingerprint density at radius 3 is 2.90 bits per heavy atom. The van der Waals surface area contributed by atoms with E-state index >= 15 is 0 Å². The Balaban J connectivity index is 1.77. The summed E-state index contributed by atoms with van der Waals surface area (Å²) in [7, 11) is -2.59. The molecule has 1 aromatic carbocycles. The van der Waals surface area contributed by atoms with Gasteiger partial charge in [-0.25, -0.2) is 12.8 Å². The van der Waals surface area contributed by atoms with Crippen LogP contribution in [0.2, 0.25) is 0 Å². The van der Waals surface area contributed by atoms with Crippen LogP contribution in [-0.4, -0.2) is 71.3 Å². The fraction of sp³-hybridized carbons (Fsp3) is 0.421. The van der Waals surface area contributed by atoms with Crippen LogP contribution in [0.15, 0.2) is 47.5 Å². The molecule has 1 aromatic heterocycles. The van der Waals surface area contributed by atoms with Gasteiger partial charge in [0.2, 0.25) is 15.9 Å². The zero-order chi connectivity index (χ0) is 21.3. The number of nitrogens with zero attached hydrogens (tertiary/aromatic N) is 4. The van der Waals surface area contributed by atoms with Crippen LogP contribution in [-0.2, 0) is 26.1 Å². The topological polar surface area (TPSA) is 108 Å². The molecule has 2 aliphatic heterocycles. The van der Waals surface area contributed by atoms with Gasteiger partial charge in [-0.2, -0.15) is 19.7 Å². The SMILES string of the molecule is COCC1CN(Cc2cn[nH]n2)C(=O)C2C=CCC1N2S(=O)(=O)c1cccc(F)c1. The van der Waals surface area contributed by atoms with E-state index < -0.39 is 27.9 Å². The molecule has 0 aliphatic carbocycles. The highest BCUT2D eigenvalue weighted by atomic mass is 32.2. The zero-order valence-electron chi connectivity index (χ0n) is 16.3. The van der Waals surface area contributed by atoms with Crippen LogP contribution in [0, 0.1) is 11.7 Å². The Labute approximate surface area is 173 Å². The number of amides is 1. The number of H-pyrrole nitrogens is 1. The largest absolute Gasteiger partial charge is 0.384 e. The lowest BCUT2D eigenvalue weighted by Gasteiger charge is -2.37. The average molecular weight is 435 g/mol. The molecule has 2 aromatic rings.